The molecule has 0 N–H and O–H groups in total. The number of esters is 2. The number of methoxy groups -OCH3 is 2. The second kappa shape index (κ2) is 9.19. The lowest BCUT2D eigenvalue weighted by Gasteiger charge is -2.56. The Kier molecular flexibility index (Phi) is 5.90. The number of carbonyl (C=O) groups is 2. The minimum Gasteiger partial charge on any atom is -0.426 e. The second-order valence-electron chi connectivity index (χ2n) is 9.98. The number of aryl methyl sites for hydroxylation is 1. The lowest BCUT2D eigenvalue weighted by atomic mass is 9.54. The van der Waals surface area contributed by atoms with Gasteiger partial charge in [-0.2, -0.15) is 0 Å². The topological polar surface area (TPSA) is 71.1 Å². The van der Waals surface area contributed by atoms with E-state index in [1.165, 1.54) is 0 Å². The third-order valence-corrected chi connectivity index (χ3v) is 8.14. The van der Waals surface area contributed by atoms with E-state index < -0.39 is 29.1 Å². The molecule has 0 aromatic heterocycles. The molecule has 0 radical (unpaired) electrons. The van der Waals surface area contributed by atoms with Gasteiger partial charge in [-0.15, -0.1) is 0 Å². The zero-order valence-electron chi connectivity index (χ0n) is 22.0. The Hall–Kier alpha value is -4.26. The van der Waals surface area contributed by atoms with Crippen molar-refractivity contribution in [1.29, 1.82) is 0 Å². The van der Waals surface area contributed by atoms with Gasteiger partial charge in [-0.1, -0.05) is 78.9 Å². The van der Waals surface area contributed by atoms with Crippen molar-refractivity contribution in [3.8, 4) is 11.5 Å². The fourth-order valence-electron chi connectivity index (χ4n) is 6.46. The number of fused-ring (bicyclic) bond motifs is 2. The van der Waals surface area contributed by atoms with Crippen LogP contribution in [-0.4, -0.2) is 26.2 Å². The van der Waals surface area contributed by atoms with Crippen molar-refractivity contribution in [3.63, 3.8) is 0 Å². The maximum absolute atomic E-state index is 14.2. The van der Waals surface area contributed by atoms with Gasteiger partial charge in [-0.05, 0) is 41.3 Å². The molecule has 7 rings (SSSR count). The molecule has 3 aliphatic carbocycles. The first-order chi connectivity index (χ1) is 18.9. The maximum atomic E-state index is 14.2. The molecule has 0 aliphatic heterocycles. The van der Waals surface area contributed by atoms with Crippen molar-refractivity contribution in [3.05, 3.63) is 119 Å². The van der Waals surface area contributed by atoms with Crippen molar-refractivity contribution >= 4 is 22.7 Å². The lowest BCUT2D eigenvalue weighted by molar-refractivity contribution is -0.164. The zero-order valence-corrected chi connectivity index (χ0v) is 22.0. The summed E-state index contributed by atoms with van der Waals surface area (Å²) in [6, 6.07) is 24.8. The van der Waals surface area contributed by atoms with Crippen LogP contribution in [0, 0.1) is 12.8 Å². The molecule has 3 atom stereocenters. The SMILES string of the molecule is C=CC(=O)Oc1ccc(OC(=O)C2CC3(OC)c4ccccc4C2(OC)c2ccc(C)cc23)c2ccccc12. The number of ether oxygens (including phenoxy) is 4. The van der Waals surface area contributed by atoms with E-state index in [0.29, 0.717) is 28.7 Å². The number of benzene rings is 4. The number of hydrogen-bond acceptors (Lipinski definition) is 6. The van der Waals surface area contributed by atoms with Gasteiger partial charge in [-0.3, -0.25) is 4.79 Å². The summed E-state index contributed by atoms with van der Waals surface area (Å²) in [7, 11) is 3.33. The summed E-state index contributed by atoms with van der Waals surface area (Å²) in [5.41, 5.74) is 3.03. The molecule has 3 aliphatic rings. The van der Waals surface area contributed by atoms with Crippen molar-refractivity contribution in [2.24, 2.45) is 5.92 Å². The quantitative estimate of drug-likeness (QED) is 0.178. The first-order valence-electron chi connectivity index (χ1n) is 12.8. The molecule has 0 heterocycles. The summed E-state index contributed by atoms with van der Waals surface area (Å²) in [5, 5.41) is 1.29. The molecule has 4 aromatic carbocycles. The third-order valence-electron chi connectivity index (χ3n) is 8.14. The van der Waals surface area contributed by atoms with Crippen molar-refractivity contribution in [2.75, 3.05) is 14.2 Å². The highest BCUT2D eigenvalue weighted by Crippen LogP contribution is 2.62. The monoisotopic (exact) mass is 520 g/mol. The summed E-state index contributed by atoms with van der Waals surface area (Å²) in [6.45, 7) is 5.51. The van der Waals surface area contributed by atoms with Gasteiger partial charge < -0.3 is 18.9 Å². The Morgan fingerprint density at radius 2 is 1.41 bits per heavy atom. The van der Waals surface area contributed by atoms with Crippen LogP contribution in [-0.2, 0) is 30.3 Å². The molecule has 6 nitrogen and oxygen atoms in total. The molecule has 6 heteroatoms. The van der Waals surface area contributed by atoms with Gasteiger partial charge in [-0.25, -0.2) is 4.79 Å². The first kappa shape index (κ1) is 25.0. The lowest BCUT2D eigenvalue weighted by Crippen LogP contribution is -2.59. The molecule has 2 bridgehead atoms. The van der Waals surface area contributed by atoms with Crippen molar-refractivity contribution in [2.45, 2.75) is 24.5 Å². The molecule has 0 spiro atoms. The fraction of sp³-hybridized carbons (Fsp3) is 0.212. The molecular formula is C33H28O6. The van der Waals surface area contributed by atoms with Gasteiger partial charge >= 0.3 is 11.9 Å². The smallest absolute Gasteiger partial charge is 0.335 e. The Labute approximate surface area is 226 Å². The molecule has 196 valence electrons. The summed E-state index contributed by atoms with van der Waals surface area (Å²) in [5.74, 6) is -0.963. The van der Waals surface area contributed by atoms with Crippen LogP contribution in [0.3, 0.4) is 0 Å². The van der Waals surface area contributed by atoms with Crippen LogP contribution in [0.5, 0.6) is 11.5 Å². The Balaban J connectivity index is 1.48. The molecule has 4 aromatic rings. The van der Waals surface area contributed by atoms with Crippen LogP contribution in [0.1, 0.15) is 34.2 Å². The van der Waals surface area contributed by atoms with Gasteiger partial charge in [0, 0.05) is 37.5 Å². The van der Waals surface area contributed by atoms with Gasteiger partial charge in [0.15, 0.2) is 0 Å². The van der Waals surface area contributed by atoms with E-state index in [1.807, 2.05) is 61.5 Å². The fourth-order valence-corrected chi connectivity index (χ4v) is 6.46. The summed E-state index contributed by atoms with van der Waals surface area (Å²) in [4.78, 5) is 26.0. The van der Waals surface area contributed by atoms with Crippen molar-refractivity contribution in [1.82, 2.24) is 0 Å². The molecule has 0 saturated heterocycles. The van der Waals surface area contributed by atoms with Crippen molar-refractivity contribution < 1.29 is 28.5 Å². The van der Waals surface area contributed by atoms with Gasteiger partial charge in [0.1, 0.15) is 22.7 Å². The van der Waals surface area contributed by atoms with E-state index in [9.17, 15) is 9.59 Å². The van der Waals surface area contributed by atoms with E-state index >= 15 is 0 Å². The van der Waals surface area contributed by atoms with Gasteiger partial charge in [0.25, 0.3) is 0 Å². The molecule has 0 amide bonds. The minimum absolute atomic E-state index is 0.358. The average molecular weight is 521 g/mol. The Morgan fingerprint density at radius 1 is 0.795 bits per heavy atom. The van der Waals surface area contributed by atoms with Gasteiger partial charge in [0.05, 0.1) is 5.92 Å². The standard InChI is InChI=1S/C33H28O6/c1-5-30(34)38-28-16-17-29(22-11-7-6-10-21(22)28)39-31(35)27-19-32(36-3)23-12-8-9-13-24(23)33(27,37-4)25-15-14-20(2)18-26(25)32/h5-18,27H,1,19H2,2-4H3. The number of carbonyl (C=O) groups excluding carboxylic acids is 2. The molecule has 0 saturated carbocycles. The van der Waals surface area contributed by atoms with E-state index in [2.05, 4.69) is 18.7 Å². The van der Waals surface area contributed by atoms with Crippen LogP contribution >= 0.6 is 0 Å². The minimum atomic E-state index is -1.05. The van der Waals surface area contributed by atoms with Crippen LogP contribution < -0.4 is 9.47 Å². The van der Waals surface area contributed by atoms with E-state index in [4.69, 9.17) is 18.9 Å². The van der Waals surface area contributed by atoms with Crippen LogP contribution in [0.2, 0.25) is 0 Å². The average Bonchev–Trinajstić information content (AvgIpc) is 2.98. The summed E-state index contributed by atoms with van der Waals surface area (Å²) < 4.78 is 24.2. The second-order valence-corrected chi connectivity index (χ2v) is 9.98. The van der Waals surface area contributed by atoms with Crippen LogP contribution in [0.25, 0.3) is 10.8 Å². The number of rotatable bonds is 6. The van der Waals surface area contributed by atoms with E-state index in [0.717, 1.165) is 33.9 Å². The van der Waals surface area contributed by atoms with E-state index in [1.54, 1.807) is 26.4 Å². The number of hydrogen-bond donors (Lipinski definition) is 0. The van der Waals surface area contributed by atoms with E-state index in [-0.39, 0.29) is 0 Å². The predicted octanol–water partition coefficient (Wildman–Crippen LogP) is 5.96. The summed E-state index contributed by atoms with van der Waals surface area (Å²) in [6.07, 6.45) is 1.46. The first-order valence-corrected chi connectivity index (χ1v) is 12.8. The molecular weight excluding hydrogens is 492 g/mol. The molecule has 3 unspecified atom stereocenters. The Bertz CT molecular complexity index is 1660. The normalized spacial score (nSPS) is 22.6. The zero-order chi connectivity index (χ0) is 27.4. The van der Waals surface area contributed by atoms with Gasteiger partial charge in [0.2, 0.25) is 0 Å². The van der Waals surface area contributed by atoms with Crippen LogP contribution in [0.4, 0.5) is 0 Å². The summed E-state index contributed by atoms with van der Waals surface area (Å²) >= 11 is 0. The predicted molar refractivity (Wildman–Crippen MR) is 147 cm³/mol. The highest BCUT2D eigenvalue weighted by atomic mass is 16.5. The highest BCUT2D eigenvalue weighted by Gasteiger charge is 2.64. The van der Waals surface area contributed by atoms with Crippen LogP contribution in [0.15, 0.2) is 91.5 Å². The molecule has 39 heavy (non-hydrogen) atoms. The Morgan fingerprint density at radius 3 is 2.05 bits per heavy atom. The third kappa shape index (κ3) is 3.49. The maximum Gasteiger partial charge on any atom is 0.335 e. The highest BCUT2D eigenvalue weighted by molar-refractivity contribution is 5.97. The largest absolute Gasteiger partial charge is 0.426 e. The molecule has 0 fully saturated rings.